The molecule has 0 atom stereocenters. The summed E-state index contributed by atoms with van der Waals surface area (Å²) in [6.07, 6.45) is -1.61. The van der Waals surface area contributed by atoms with Gasteiger partial charge in [0.05, 0.1) is 5.52 Å². The number of anilines is 1. The minimum Gasteiger partial charge on any atom is -0.454 e. The highest BCUT2D eigenvalue weighted by Gasteiger charge is 2.34. The highest BCUT2D eigenvalue weighted by molar-refractivity contribution is 5.95. The van der Waals surface area contributed by atoms with Crippen molar-refractivity contribution in [1.29, 1.82) is 0 Å². The minimum absolute atomic E-state index is 0.000827. The van der Waals surface area contributed by atoms with E-state index in [4.69, 9.17) is 9.47 Å². The van der Waals surface area contributed by atoms with Gasteiger partial charge in [-0.1, -0.05) is 18.2 Å². The maximum atomic E-state index is 13.3. The van der Waals surface area contributed by atoms with Crippen molar-refractivity contribution in [2.45, 2.75) is 43.9 Å². The lowest BCUT2D eigenvalue weighted by Crippen LogP contribution is -2.40. The van der Waals surface area contributed by atoms with Gasteiger partial charge in [-0.15, -0.1) is 0 Å². The summed E-state index contributed by atoms with van der Waals surface area (Å²) in [5, 5.41) is 6.99. The SMILES string of the molecule is O=C(N[C@H]1CC[C@@H](Nc2cc(C(F)(F)F)nc3ccccc23)CC1)c1ccc2c(c1)OCO2. The van der Waals surface area contributed by atoms with Gasteiger partial charge in [0.25, 0.3) is 5.91 Å². The lowest BCUT2D eigenvalue weighted by Gasteiger charge is -2.30. The first-order valence-corrected chi connectivity index (χ1v) is 10.8. The van der Waals surface area contributed by atoms with E-state index < -0.39 is 11.9 Å². The highest BCUT2D eigenvalue weighted by atomic mass is 19.4. The third kappa shape index (κ3) is 4.53. The summed E-state index contributed by atoms with van der Waals surface area (Å²) < 4.78 is 50.5. The molecular formula is C24H22F3N3O3. The highest BCUT2D eigenvalue weighted by Crippen LogP contribution is 2.35. The predicted molar refractivity (Wildman–Crippen MR) is 116 cm³/mol. The number of rotatable bonds is 4. The van der Waals surface area contributed by atoms with Crippen LogP contribution >= 0.6 is 0 Å². The number of pyridine rings is 1. The molecule has 0 spiro atoms. The van der Waals surface area contributed by atoms with Gasteiger partial charge in [-0.05, 0) is 56.0 Å². The Balaban J connectivity index is 1.23. The fourth-order valence-electron chi connectivity index (χ4n) is 4.35. The first kappa shape index (κ1) is 21.4. The Morgan fingerprint density at radius 2 is 1.67 bits per heavy atom. The fraction of sp³-hybridized carbons (Fsp3) is 0.333. The molecule has 2 heterocycles. The number of halogens is 3. The normalized spacial score (nSPS) is 20.0. The molecule has 0 bridgehead atoms. The number of nitrogens with one attached hydrogen (secondary N) is 2. The average Bonchev–Trinajstić information content (AvgIpc) is 3.27. The molecule has 0 unspecified atom stereocenters. The maximum absolute atomic E-state index is 13.3. The van der Waals surface area contributed by atoms with Crippen molar-refractivity contribution in [1.82, 2.24) is 10.3 Å². The van der Waals surface area contributed by atoms with Crippen LogP contribution in [0, 0.1) is 0 Å². The Bertz CT molecular complexity index is 1190. The Morgan fingerprint density at radius 1 is 0.939 bits per heavy atom. The summed E-state index contributed by atoms with van der Waals surface area (Å²) in [5.74, 6) is 0.994. The number of carbonyl (C=O) groups excluding carboxylic acids is 1. The van der Waals surface area contributed by atoms with E-state index in [1.54, 1.807) is 42.5 Å². The van der Waals surface area contributed by atoms with Gasteiger partial charge in [0.2, 0.25) is 6.79 Å². The topological polar surface area (TPSA) is 72.5 Å². The van der Waals surface area contributed by atoms with Gasteiger partial charge in [-0.25, -0.2) is 4.98 Å². The Labute approximate surface area is 188 Å². The predicted octanol–water partition coefficient (Wildman–Crippen LogP) is 5.14. The number of ether oxygens (including phenoxy) is 2. The number of para-hydroxylation sites is 1. The first-order chi connectivity index (χ1) is 15.9. The number of carbonyl (C=O) groups is 1. The van der Waals surface area contributed by atoms with Gasteiger partial charge < -0.3 is 20.1 Å². The van der Waals surface area contributed by atoms with Crippen LogP contribution in [0.15, 0.2) is 48.5 Å². The Kier molecular flexibility index (Phi) is 5.47. The van der Waals surface area contributed by atoms with E-state index in [1.807, 2.05) is 0 Å². The molecule has 1 aromatic heterocycles. The largest absolute Gasteiger partial charge is 0.454 e. The standard InChI is InChI=1S/C24H22F3N3O3/c25-24(26,27)22-12-19(17-3-1-2-4-18(17)30-22)28-15-6-8-16(9-7-15)29-23(31)14-5-10-20-21(11-14)33-13-32-20/h1-5,10-12,15-16H,6-9,13H2,(H,28,30)(H,29,31)/t15-,16+. The number of alkyl halides is 3. The average molecular weight is 457 g/mol. The van der Waals surface area contributed by atoms with Crippen LogP contribution in [0.2, 0.25) is 0 Å². The maximum Gasteiger partial charge on any atom is 0.433 e. The second kappa shape index (κ2) is 8.46. The molecule has 172 valence electrons. The Hall–Kier alpha value is -3.49. The van der Waals surface area contributed by atoms with E-state index in [-0.39, 0.29) is 24.8 Å². The second-order valence-corrected chi connectivity index (χ2v) is 8.30. The smallest absolute Gasteiger partial charge is 0.433 e. The summed E-state index contributed by atoms with van der Waals surface area (Å²) in [7, 11) is 0. The van der Waals surface area contributed by atoms with Crippen LogP contribution in [-0.4, -0.2) is 29.8 Å². The van der Waals surface area contributed by atoms with Crippen molar-refractivity contribution >= 4 is 22.5 Å². The molecule has 1 fully saturated rings. The number of aromatic nitrogens is 1. The monoisotopic (exact) mass is 457 g/mol. The van der Waals surface area contributed by atoms with Crippen LogP contribution in [0.3, 0.4) is 0 Å². The van der Waals surface area contributed by atoms with Gasteiger partial charge in [-0.2, -0.15) is 13.2 Å². The summed E-state index contributed by atoms with van der Waals surface area (Å²) >= 11 is 0. The summed E-state index contributed by atoms with van der Waals surface area (Å²) in [6, 6.07) is 13.0. The van der Waals surface area contributed by atoms with Crippen molar-refractivity contribution in [3.05, 3.63) is 59.8 Å². The minimum atomic E-state index is -4.52. The second-order valence-electron chi connectivity index (χ2n) is 8.30. The number of amides is 1. The quantitative estimate of drug-likeness (QED) is 0.568. The van der Waals surface area contributed by atoms with Gasteiger partial charge in [0, 0.05) is 28.7 Å². The van der Waals surface area contributed by atoms with Crippen LogP contribution in [0.5, 0.6) is 11.5 Å². The van der Waals surface area contributed by atoms with Crippen molar-refractivity contribution in [3.8, 4) is 11.5 Å². The summed E-state index contributed by atoms with van der Waals surface area (Å²) in [5.41, 5.74) is 0.330. The van der Waals surface area contributed by atoms with E-state index in [0.717, 1.165) is 31.7 Å². The van der Waals surface area contributed by atoms with Gasteiger partial charge in [-0.3, -0.25) is 4.79 Å². The van der Waals surface area contributed by atoms with Crippen molar-refractivity contribution in [2.75, 3.05) is 12.1 Å². The number of hydrogen-bond donors (Lipinski definition) is 2. The molecule has 2 aromatic carbocycles. The molecule has 6 nitrogen and oxygen atoms in total. The number of nitrogens with zero attached hydrogens (tertiary/aromatic N) is 1. The van der Waals surface area contributed by atoms with E-state index in [9.17, 15) is 18.0 Å². The molecule has 33 heavy (non-hydrogen) atoms. The van der Waals surface area contributed by atoms with Crippen LogP contribution in [-0.2, 0) is 6.18 Å². The van der Waals surface area contributed by atoms with Crippen LogP contribution in [0.25, 0.3) is 10.9 Å². The van der Waals surface area contributed by atoms with Crippen LogP contribution in [0.4, 0.5) is 18.9 Å². The third-order valence-electron chi connectivity index (χ3n) is 6.06. The Morgan fingerprint density at radius 3 is 2.45 bits per heavy atom. The van der Waals surface area contributed by atoms with E-state index in [1.165, 1.54) is 0 Å². The van der Waals surface area contributed by atoms with Gasteiger partial charge in [0.15, 0.2) is 11.5 Å². The van der Waals surface area contributed by atoms with E-state index in [0.29, 0.717) is 33.7 Å². The number of hydrogen-bond acceptors (Lipinski definition) is 5. The van der Waals surface area contributed by atoms with E-state index in [2.05, 4.69) is 15.6 Å². The van der Waals surface area contributed by atoms with Gasteiger partial charge >= 0.3 is 6.18 Å². The first-order valence-electron chi connectivity index (χ1n) is 10.8. The molecule has 2 aliphatic rings. The van der Waals surface area contributed by atoms with Crippen molar-refractivity contribution in [2.24, 2.45) is 0 Å². The molecule has 1 aliphatic heterocycles. The molecule has 1 aliphatic carbocycles. The molecule has 0 radical (unpaired) electrons. The molecule has 1 saturated carbocycles. The molecule has 3 aromatic rings. The van der Waals surface area contributed by atoms with Crippen LogP contribution < -0.4 is 20.1 Å². The third-order valence-corrected chi connectivity index (χ3v) is 6.06. The molecule has 2 N–H and O–H groups in total. The molecule has 9 heteroatoms. The van der Waals surface area contributed by atoms with Crippen LogP contribution in [0.1, 0.15) is 41.7 Å². The van der Waals surface area contributed by atoms with Crippen molar-refractivity contribution in [3.63, 3.8) is 0 Å². The molecule has 1 amide bonds. The fourth-order valence-corrected chi connectivity index (χ4v) is 4.35. The zero-order valence-corrected chi connectivity index (χ0v) is 17.6. The number of benzene rings is 2. The van der Waals surface area contributed by atoms with Crippen molar-refractivity contribution < 1.29 is 27.4 Å². The van der Waals surface area contributed by atoms with E-state index >= 15 is 0 Å². The summed E-state index contributed by atoms with van der Waals surface area (Å²) in [4.78, 5) is 16.4. The zero-order chi connectivity index (χ0) is 23.0. The molecule has 0 saturated heterocycles. The summed E-state index contributed by atoms with van der Waals surface area (Å²) in [6.45, 7) is 0.147. The lowest BCUT2D eigenvalue weighted by atomic mass is 9.90. The number of fused-ring (bicyclic) bond motifs is 2. The lowest BCUT2D eigenvalue weighted by molar-refractivity contribution is -0.140. The zero-order valence-electron chi connectivity index (χ0n) is 17.6. The van der Waals surface area contributed by atoms with Gasteiger partial charge in [0.1, 0.15) is 5.69 Å². The molecular weight excluding hydrogens is 435 g/mol. The molecule has 5 rings (SSSR count).